The molecule has 7 heteroatoms. The molecular formula is C12H13ClN4O2. The fourth-order valence-electron chi connectivity index (χ4n) is 1.59. The van der Waals surface area contributed by atoms with Gasteiger partial charge in [-0.05, 0) is 18.2 Å². The lowest BCUT2D eigenvalue weighted by Gasteiger charge is -2.07. The molecule has 0 saturated heterocycles. The minimum atomic E-state index is -0.385. The molecule has 4 N–H and O–H groups in total. The summed E-state index contributed by atoms with van der Waals surface area (Å²) in [5, 5.41) is 16.3. The molecule has 2 aromatic rings. The van der Waals surface area contributed by atoms with E-state index in [1.54, 1.807) is 13.2 Å². The van der Waals surface area contributed by atoms with Gasteiger partial charge in [0.25, 0.3) is 5.91 Å². The average molecular weight is 281 g/mol. The number of amides is 1. The number of aromatic hydroxyl groups is 1. The van der Waals surface area contributed by atoms with Gasteiger partial charge in [-0.2, -0.15) is 5.10 Å². The number of halogens is 1. The van der Waals surface area contributed by atoms with Crippen LogP contribution in [-0.2, 0) is 13.6 Å². The Balaban J connectivity index is 2.09. The van der Waals surface area contributed by atoms with Gasteiger partial charge in [0, 0.05) is 19.2 Å². The lowest BCUT2D eigenvalue weighted by molar-refractivity contribution is 0.0951. The highest BCUT2D eigenvalue weighted by molar-refractivity contribution is 6.33. The molecule has 0 radical (unpaired) electrons. The van der Waals surface area contributed by atoms with Crippen molar-refractivity contribution in [2.24, 2.45) is 7.05 Å². The van der Waals surface area contributed by atoms with Crippen LogP contribution in [0.2, 0.25) is 5.02 Å². The molecule has 0 spiro atoms. The van der Waals surface area contributed by atoms with Crippen LogP contribution >= 0.6 is 11.6 Å². The van der Waals surface area contributed by atoms with Gasteiger partial charge < -0.3 is 16.2 Å². The highest BCUT2D eigenvalue weighted by atomic mass is 35.5. The van der Waals surface area contributed by atoms with Crippen molar-refractivity contribution in [3.8, 4) is 5.75 Å². The smallest absolute Gasteiger partial charge is 0.253 e. The highest BCUT2D eigenvalue weighted by Crippen LogP contribution is 2.21. The van der Waals surface area contributed by atoms with E-state index >= 15 is 0 Å². The zero-order valence-corrected chi connectivity index (χ0v) is 11.0. The van der Waals surface area contributed by atoms with E-state index in [1.165, 1.54) is 22.9 Å². The number of nitrogen functional groups attached to an aromatic ring is 1. The molecule has 19 heavy (non-hydrogen) atoms. The normalized spacial score (nSPS) is 10.4. The minimum Gasteiger partial charge on any atom is -0.508 e. The van der Waals surface area contributed by atoms with Crippen LogP contribution in [0.3, 0.4) is 0 Å². The summed E-state index contributed by atoms with van der Waals surface area (Å²) in [4.78, 5) is 11.9. The van der Waals surface area contributed by atoms with Crippen molar-refractivity contribution in [1.82, 2.24) is 15.1 Å². The van der Waals surface area contributed by atoms with Crippen molar-refractivity contribution in [2.75, 3.05) is 5.73 Å². The van der Waals surface area contributed by atoms with Gasteiger partial charge in [0.1, 0.15) is 11.6 Å². The van der Waals surface area contributed by atoms with E-state index in [2.05, 4.69) is 10.4 Å². The van der Waals surface area contributed by atoms with Gasteiger partial charge in [-0.15, -0.1) is 0 Å². The predicted molar refractivity (Wildman–Crippen MR) is 71.9 cm³/mol. The third-order valence-electron chi connectivity index (χ3n) is 2.70. The Hall–Kier alpha value is -2.21. The largest absolute Gasteiger partial charge is 0.508 e. The Morgan fingerprint density at radius 3 is 2.95 bits per heavy atom. The van der Waals surface area contributed by atoms with Crippen molar-refractivity contribution < 1.29 is 9.90 Å². The molecular weight excluding hydrogens is 268 g/mol. The molecule has 1 aromatic carbocycles. The zero-order valence-electron chi connectivity index (χ0n) is 10.2. The van der Waals surface area contributed by atoms with E-state index in [0.29, 0.717) is 11.4 Å². The second-order valence-electron chi connectivity index (χ2n) is 4.03. The van der Waals surface area contributed by atoms with E-state index in [-0.39, 0.29) is 28.8 Å². The molecule has 0 aliphatic heterocycles. The number of carbonyl (C=O) groups is 1. The number of nitrogens with zero attached hydrogens (tertiary/aromatic N) is 2. The monoisotopic (exact) mass is 280 g/mol. The van der Waals surface area contributed by atoms with Crippen LogP contribution < -0.4 is 11.1 Å². The van der Waals surface area contributed by atoms with Gasteiger partial charge in [0.15, 0.2) is 0 Å². The first-order chi connectivity index (χ1) is 8.99. The maximum atomic E-state index is 11.9. The lowest BCUT2D eigenvalue weighted by atomic mass is 10.2. The topological polar surface area (TPSA) is 93.2 Å². The van der Waals surface area contributed by atoms with Crippen LogP contribution in [0.5, 0.6) is 5.75 Å². The average Bonchev–Trinajstić information content (AvgIpc) is 2.70. The molecule has 6 nitrogen and oxygen atoms in total. The summed E-state index contributed by atoms with van der Waals surface area (Å²) in [6.07, 6.45) is 1.58. The van der Waals surface area contributed by atoms with Crippen LogP contribution in [-0.4, -0.2) is 20.8 Å². The number of hydrogen-bond donors (Lipinski definition) is 3. The van der Waals surface area contributed by atoms with Crippen LogP contribution in [0.4, 0.5) is 5.82 Å². The Kier molecular flexibility index (Phi) is 3.62. The standard InChI is InChI=1S/C12H13ClN4O2/c1-17-11(14)7(6-16-17)5-15-12(19)9-4-8(18)2-3-10(9)13/h2-4,6,18H,5,14H2,1H3,(H,15,19). The lowest BCUT2D eigenvalue weighted by Crippen LogP contribution is -2.23. The number of aryl methyl sites for hydroxylation is 1. The van der Waals surface area contributed by atoms with Crippen LogP contribution in [0.1, 0.15) is 15.9 Å². The number of phenolic OH excluding ortho intramolecular Hbond substituents is 1. The molecule has 0 fully saturated rings. The first-order valence-corrected chi connectivity index (χ1v) is 5.90. The summed E-state index contributed by atoms with van der Waals surface area (Å²) >= 11 is 5.90. The van der Waals surface area contributed by atoms with E-state index < -0.39 is 0 Å². The number of phenols is 1. The molecule has 0 aliphatic rings. The van der Waals surface area contributed by atoms with Gasteiger partial charge in [0.2, 0.25) is 0 Å². The van der Waals surface area contributed by atoms with Crippen molar-refractivity contribution in [3.63, 3.8) is 0 Å². The molecule has 100 valence electrons. The van der Waals surface area contributed by atoms with Crippen LogP contribution in [0.25, 0.3) is 0 Å². The Morgan fingerprint density at radius 2 is 2.32 bits per heavy atom. The van der Waals surface area contributed by atoms with E-state index in [9.17, 15) is 9.90 Å². The number of carbonyl (C=O) groups excluding carboxylic acids is 1. The first-order valence-electron chi connectivity index (χ1n) is 5.52. The Labute approximate surface area is 114 Å². The maximum absolute atomic E-state index is 11.9. The predicted octanol–water partition coefficient (Wildman–Crippen LogP) is 1.29. The molecule has 0 atom stereocenters. The van der Waals surface area contributed by atoms with Gasteiger partial charge in [-0.1, -0.05) is 11.6 Å². The Morgan fingerprint density at radius 1 is 1.58 bits per heavy atom. The van der Waals surface area contributed by atoms with Crippen molar-refractivity contribution in [1.29, 1.82) is 0 Å². The SMILES string of the molecule is Cn1ncc(CNC(=O)c2cc(O)ccc2Cl)c1N. The first kappa shape index (κ1) is 13.2. The third-order valence-corrected chi connectivity index (χ3v) is 3.03. The summed E-state index contributed by atoms with van der Waals surface area (Å²) in [5.41, 5.74) is 6.69. The van der Waals surface area contributed by atoms with E-state index in [4.69, 9.17) is 17.3 Å². The Bertz CT molecular complexity index is 624. The fraction of sp³-hybridized carbons (Fsp3) is 0.167. The highest BCUT2D eigenvalue weighted by Gasteiger charge is 2.12. The second-order valence-corrected chi connectivity index (χ2v) is 4.43. The summed E-state index contributed by atoms with van der Waals surface area (Å²) < 4.78 is 1.52. The number of benzene rings is 1. The van der Waals surface area contributed by atoms with Crippen LogP contribution in [0.15, 0.2) is 24.4 Å². The van der Waals surface area contributed by atoms with Crippen molar-refractivity contribution in [2.45, 2.75) is 6.54 Å². The fourth-order valence-corrected chi connectivity index (χ4v) is 1.79. The molecule has 0 saturated carbocycles. The molecule has 0 aliphatic carbocycles. The van der Waals surface area contributed by atoms with Gasteiger partial charge in [0.05, 0.1) is 16.8 Å². The molecule has 2 rings (SSSR count). The van der Waals surface area contributed by atoms with Gasteiger partial charge in [-0.25, -0.2) is 0 Å². The summed E-state index contributed by atoms with van der Waals surface area (Å²) in [5.74, 6) is 0.0851. The quantitative estimate of drug-likeness (QED) is 0.790. The molecule has 0 unspecified atom stereocenters. The van der Waals surface area contributed by atoms with Crippen molar-refractivity contribution in [3.05, 3.63) is 40.5 Å². The molecule has 1 heterocycles. The molecule has 1 amide bonds. The number of nitrogens with two attached hydrogens (primary N) is 1. The van der Waals surface area contributed by atoms with Crippen molar-refractivity contribution >= 4 is 23.3 Å². The summed E-state index contributed by atoms with van der Waals surface area (Å²) in [6.45, 7) is 0.241. The van der Waals surface area contributed by atoms with Gasteiger partial charge in [-0.3, -0.25) is 9.48 Å². The minimum absolute atomic E-state index is 0.0181. The van der Waals surface area contributed by atoms with E-state index in [0.717, 1.165) is 0 Å². The molecule has 0 bridgehead atoms. The summed E-state index contributed by atoms with van der Waals surface area (Å²) in [7, 11) is 1.72. The maximum Gasteiger partial charge on any atom is 0.253 e. The number of hydrogen-bond acceptors (Lipinski definition) is 4. The van der Waals surface area contributed by atoms with E-state index in [1.807, 2.05) is 0 Å². The second kappa shape index (κ2) is 5.19. The number of anilines is 1. The van der Waals surface area contributed by atoms with Crippen LogP contribution in [0, 0.1) is 0 Å². The summed E-state index contributed by atoms with van der Waals surface area (Å²) in [6, 6.07) is 4.19. The number of nitrogens with one attached hydrogen (secondary N) is 1. The van der Waals surface area contributed by atoms with Gasteiger partial charge >= 0.3 is 0 Å². The number of rotatable bonds is 3. The molecule has 1 aromatic heterocycles. The zero-order chi connectivity index (χ0) is 14.0. The number of aromatic nitrogens is 2. The third kappa shape index (κ3) is 2.79.